The summed E-state index contributed by atoms with van der Waals surface area (Å²) in [6.45, 7) is 8.76. The van der Waals surface area contributed by atoms with Gasteiger partial charge in [-0.15, -0.1) is 11.3 Å². The van der Waals surface area contributed by atoms with Crippen LogP contribution >= 0.6 is 11.3 Å². The zero-order valence-electron chi connectivity index (χ0n) is 17.8. The molecule has 4 aromatic rings. The molecule has 0 unspecified atom stereocenters. The number of carbonyl (C=O) groups is 1. The molecule has 31 heavy (non-hydrogen) atoms. The highest BCUT2D eigenvalue weighted by Gasteiger charge is 2.22. The average molecular weight is 438 g/mol. The summed E-state index contributed by atoms with van der Waals surface area (Å²) in [6, 6.07) is 5.96. The molecule has 1 amide bonds. The van der Waals surface area contributed by atoms with Crippen LogP contribution in [0.25, 0.3) is 11.3 Å². The number of amides is 1. The van der Waals surface area contributed by atoms with E-state index in [-0.39, 0.29) is 18.2 Å². The van der Waals surface area contributed by atoms with Crippen LogP contribution in [0.3, 0.4) is 0 Å². The van der Waals surface area contributed by atoms with Crippen LogP contribution in [-0.4, -0.2) is 25.8 Å². The number of nitrogens with one attached hydrogen (secondary N) is 1. The molecule has 0 aliphatic carbocycles. The second-order valence-corrected chi connectivity index (χ2v) is 8.06. The summed E-state index contributed by atoms with van der Waals surface area (Å²) in [5, 5.41) is 13.4. The first kappa shape index (κ1) is 20.8. The van der Waals surface area contributed by atoms with E-state index in [4.69, 9.17) is 9.26 Å². The number of aromatic nitrogens is 4. The third-order valence-corrected chi connectivity index (χ3v) is 5.64. The Bertz CT molecular complexity index is 1220. The number of rotatable bonds is 7. The van der Waals surface area contributed by atoms with Gasteiger partial charge < -0.3 is 9.26 Å². The molecule has 3 heterocycles. The second kappa shape index (κ2) is 8.73. The van der Waals surface area contributed by atoms with Crippen molar-refractivity contribution >= 4 is 22.4 Å². The Morgan fingerprint density at radius 2 is 2.13 bits per heavy atom. The summed E-state index contributed by atoms with van der Waals surface area (Å²) < 4.78 is 13.0. The zero-order chi connectivity index (χ0) is 22.0. The maximum Gasteiger partial charge on any atom is 0.280 e. The molecule has 4 rings (SSSR count). The molecule has 9 heteroatoms. The molecule has 0 saturated carbocycles. The van der Waals surface area contributed by atoms with E-state index in [0.717, 1.165) is 34.7 Å². The Morgan fingerprint density at radius 1 is 1.29 bits per heavy atom. The molecule has 0 spiro atoms. The van der Waals surface area contributed by atoms with Gasteiger partial charge in [-0.1, -0.05) is 22.9 Å². The molecule has 3 aromatic heterocycles. The third-order valence-electron chi connectivity index (χ3n) is 4.88. The van der Waals surface area contributed by atoms with Gasteiger partial charge in [-0.3, -0.25) is 14.8 Å². The van der Waals surface area contributed by atoms with Crippen molar-refractivity contribution in [1.82, 2.24) is 19.9 Å². The first-order valence-electron chi connectivity index (χ1n) is 9.89. The van der Waals surface area contributed by atoms with Gasteiger partial charge in [-0.05, 0) is 39.3 Å². The van der Waals surface area contributed by atoms with Gasteiger partial charge in [0.05, 0.1) is 17.5 Å². The maximum atomic E-state index is 12.8. The van der Waals surface area contributed by atoms with Crippen LogP contribution in [0, 0.1) is 20.8 Å². The highest BCUT2D eigenvalue weighted by molar-refractivity contribution is 7.14. The Hall–Kier alpha value is -3.46. The molecule has 8 nitrogen and oxygen atoms in total. The van der Waals surface area contributed by atoms with Crippen molar-refractivity contribution in [2.24, 2.45) is 0 Å². The van der Waals surface area contributed by atoms with Gasteiger partial charge in [-0.25, -0.2) is 4.98 Å². The molecule has 0 fully saturated rings. The summed E-state index contributed by atoms with van der Waals surface area (Å²) in [5.41, 5.74) is 4.65. The van der Waals surface area contributed by atoms with Crippen molar-refractivity contribution in [2.75, 3.05) is 5.32 Å². The van der Waals surface area contributed by atoms with Gasteiger partial charge in [0, 0.05) is 23.7 Å². The van der Waals surface area contributed by atoms with Crippen LogP contribution in [0.5, 0.6) is 5.75 Å². The normalized spacial score (nSPS) is 11.0. The van der Waals surface area contributed by atoms with Gasteiger partial charge in [-0.2, -0.15) is 5.10 Å². The lowest BCUT2D eigenvalue weighted by atomic mass is 10.1. The minimum absolute atomic E-state index is 0.182. The average Bonchev–Trinajstić information content (AvgIpc) is 3.47. The van der Waals surface area contributed by atoms with E-state index in [0.29, 0.717) is 16.5 Å². The van der Waals surface area contributed by atoms with E-state index in [9.17, 15) is 4.79 Å². The second-order valence-electron chi connectivity index (χ2n) is 7.20. The Balaban J connectivity index is 1.47. The molecule has 160 valence electrons. The van der Waals surface area contributed by atoms with Crippen molar-refractivity contribution in [3.8, 4) is 17.0 Å². The number of nitrogens with zero attached hydrogens (tertiary/aromatic N) is 4. The topological polar surface area (TPSA) is 95.1 Å². The molecule has 0 atom stereocenters. The molecule has 0 saturated heterocycles. The first-order chi connectivity index (χ1) is 14.9. The van der Waals surface area contributed by atoms with Gasteiger partial charge in [0.2, 0.25) is 0 Å². The predicted molar refractivity (Wildman–Crippen MR) is 118 cm³/mol. The zero-order valence-corrected chi connectivity index (χ0v) is 18.6. The predicted octanol–water partition coefficient (Wildman–Crippen LogP) is 4.77. The molecular weight excluding hydrogens is 414 g/mol. The smallest absolute Gasteiger partial charge is 0.280 e. The number of anilines is 1. The van der Waals surface area contributed by atoms with E-state index in [1.807, 2.05) is 55.2 Å². The molecule has 0 radical (unpaired) electrons. The quantitative estimate of drug-likeness (QED) is 0.447. The number of hydrogen-bond donors (Lipinski definition) is 1. The fraction of sp³-hybridized carbons (Fsp3) is 0.273. The number of carbonyl (C=O) groups excluding carboxylic acids is 1. The molecular formula is C22H23N5O3S. The number of benzene rings is 1. The highest BCUT2D eigenvalue weighted by Crippen LogP contribution is 2.26. The van der Waals surface area contributed by atoms with Gasteiger partial charge >= 0.3 is 0 Å². The maximum absolute atomic E-state index is 12.8. The Labute approximate surface area is 183 Å². The Kier molecular flexibility index (Phi) is 5.85. The lowest BCUT2D eigenvalue weighted by molar-refractivity contribution is 0.101. The standard InChI is InChI=1S/C22H23N5O3S/c1-5-27-10-16(9-23-27)18-12-31-22(24-18)25-21(28)20-17(15(4)30-26-20)11-29-19-7-6-13(2)8-14(19)3/h6-10,12H,5,11H2,1-4H3,(H,24,25,28). The van der Waals surface area contributed by atoms with Crippen molar-refractivity contribution < 1.29 is 14.1 Å². The summed E-state index contributed by atoms with van der Waals surface area (Å²) in [7, 11) is 0. The van der Waals surface area contributed by atoms with Crippen LogP contribution in [0.2, 0.25) is 0 Å². The molecule has 1 aromatic carbocycles. The van der Waals surface area contributed by atoms with E-state index in [1.54, 1.807) is 13.1 Å². The van der Waals surface area contributed by atoms with Crippen LogP contribution in [0.1, 0.15) is 39.9 Å². The van der Waals surface area contributed by atoms with Crippen LogP contribution in [0.15, 0.2) is 40.5 Å². The van der Waals surface area contributed by atoms with Gasteiger partial charge in [0.1, 0.15) is 18.1 Å². The lowest BCUT2D eigenvalue weighted by Gasteiger charge is -2.10. The lowest BCUT2D eigenvalue weighted by Crippen LogP contribution is -2.15. The summed E-state index contributed by atoms with van der Waals surface area (Å²) in [5.74, 6) is 0.915. The van der Waals surface area contributed by atoms with Gasteiger partial charge in [0.15, 0.2) is 10.8 Å². The van der Waals surface area contributed by atoms with Crippen LogP contribution < -0.4 is 10.1 Å². The minimum atomic E-state index is -0.388. The third kappa shape index (κ3) is 4.51. The summed E-state index contributed by atoms with van der Waals surface area (Å²) >= 11 is 1.34. The Morgan fingerprint density at radius 3 is 2.87 bits per heavy atom. The van der Waals surface area contributed by atoms with Crippen LogP contribution in [0.4, 0.5) is 5.13 Å². The minimum Gasteiger partial charge on any atom is -0.488 e. The molecule has 0 aliphatic heterocycles. The van der Waals surface area contributed by atoms with Crippen molar-refractivity contribution in [3.05, 3.63) is 64.1 Å². The molecule has 0 aliphatic rings. The first-order valence-corrected chi connectivity index (χ1v) is 10.8. The fourth-order valence-corrected chi connectivity index (χ4v) is 3.85. The van der Waals surface area contributed by atoms with Gasteiger partial charge in [0.25, 0.3) is 5.91 Å². The van der Waals surface area contributed by atoms with E-state index >= 15 is 0 Å². The fourth-order valence-electron chi connectivity index (χ4n) is 3.14. The van der Waals surface area contributed by atoms with Crippen molar-refractivity contribution in [2.45, 2.75) is 40.8 Å². The van der Waals surface area contributed by atoms with E-state index < -0.39 is 0 Å². The van der Waals surface area contributed by atoms with Crippen molar-refractivity contribution in [3.63, 3.8) is 0 Å². The monoisotopic (exact) mass is 437 g/mol. The number of ether oxygens (including phenoxy) is 1. The summed E-state index contributed by atoms with van der Waals surface area (Å²) in [4.78, 5) is 17.3. The number of hydrogen-bond acceptors (Lipinski definition) is 7. The highest BCUT2D eigenvalue weighted by atomic mass is 32.1. The van der Waals surface area contributed by atoms with E-state index in [1.165, 1.54) is 11.3 Å². The largest absolute Gasteiger partial charge is 0.488 e. The van der Waals surface area contributed by atoms with E-state index in [2.05, 4.69) is 20.6 Å². The molecule has 1 N–H and O–H groups in total. The number of thiazole rings is 1. The summed E-state index contributed by atoms with van der Waals surface area (Å²) in [6.07, 6.45) is 3.68. The van der Waals surface area contributed by atoms with Crippen LogP contribution in [-0.2, 0) is 13.2 Å². The van der Waals surface area contributed by atoms with Crippen molar-refractivity contribution in [1.29, 1.82) is 0 Å². The number of aryl methyl sites for hydroxylation is 4. The molecule has 0 bridgehead atoms. The SMILES string of the molecule is CCn1cc(-c2csc(NC(=O)c3noc(C)c3COc3ccc(C)cc3C)n2)cn1.